The summed E-state index contributed by atoms with van der Waals surface area (Å²) in [4.78, 5) is 2.26. The molecular formula is C20H37N5O. The number of rotatable bonds is 6. The number of nitrogens with one attached hydrogen (secondary N) is 2. The Morgan fingerprint density at radius 1 is 1.35 bits per heavy atom. The van der Waals surface area contributed by atoms with E-state index in [0.717, 1.165) is 24.7 Å². The molecule has 1 aliphatic heterocycles. The minimum Gasteiger partial charge on any atom is -0.495 e. The van der Waals surface area contributed by atoms with Gasteiger partial charge in [0, 0.05) is 45.3 Å². The number of likely N-dealkylation sites (tertiary alicyclic amines) is 1. The fourth-order valence-electron chi connectivity index (χ4n) is 3.10. The highest BCUT2D eigenvalue weighted by Gasteiger charge is 2.22. The van der Waals surface area contributed by atoms with Gasteiger partial charge in [-0.1, -0.05) is 7.43 Å². The molecule has 0 aromatic rings. The van der Waals surface area contributed by atoms with E-state index < -0.39 is 0 Å². The van der Waals surface area contributed by atoms with Gasteiger partial charge in [0.25, 0.3) is 0 Å². The molecule has 6 nitrogen and oxygen atoms in total. The van der Waals surface area contributed by atoms with Gasteiger partial charge in [-0.3, -0.25) is 0 Å². The van der Waals surface area contributed by atoms with Gasteiger partial charge in [-0.2, -0.15) is 5.10 Å². The number of ether oxygens (including phenoxy) is 1. The summed E-state index contributed by atoms with van der Waals surface area (Å²) in [5.74, 6) is 1.61. The molecule has 2 aliphatic rings. The summed E-state index contributed by atoms with van der Waals surface area (Å²) >= 11 is 0. The fraction of sp³-hybridized carbons (Fsp3) is 0.600. The van der Waals surface area contributed by atoms with E-state index in [9.17, 15) is 0 Å². The van der Waals surface area contributed by atoms with Crippen molar-refractivity contribution in [1.29, 1.82) is 5.41 Å². The standard InChI is InChI=1S/C19H31N5O.CH4.H2/c1-14(2)25-15-7-8-17(20)16(13-15)18(21)9-10-19(23-22-3)24-11-5-4-6-12-24;;/h7-10,14,16,21-22H,4-6,11-13,20H2,1-3H3;1H4;1H/b10-9+,21-18?,23-19+;;. The van der Waals surface area contributed by atoms with Crippen LogP contribution in [0.5, 0.6) is 0 Å². The van der Waals surface area contributed by atoms with Crippen molar-refractivity contribution in [3.05, 3.63) is 35.8 Å². The van der Waals surface area contributed by atoms with Gasteiger partial charge >= 0.3 is 0 Å². The highest BCUT2D eigenvalue weighted by Crippen LogP contribution is 2.25. The highest BCUT2D eigenvalue weighted by molar-refractivity contribution is 6.03. The maximum atomic E-state index is 8.44. The number of nitrogens with zero attached hydrogens (tertiary/aromatic N) is 2. The molecule has 1 atom stereocenters. The normalized spacial score (nSPS) is 21.2. The largest absolute Gasteiger partial charge is 0.495 e. The Morgan fingerprint density at radius 3 is 2.65 bits per heavy atom. The van der Waals surface area contributed by atoms with Crippen LogP contribution in [0.2, 0.25) is 0 Å². The Morgan fingerprint density at radius 2 is 2.04 bits per heavy atom. The van der Waals surface area contributed by atoms with Crippen LogP contribution in [0.15, 0.2) is 40.9 Å². The number of hydrazone groups is 1. The lowest BCUT2D eigenvalue weighted by atomic mass is 9.90. The van der Waals surface area contributed by atoms with Crippen LogP contribution in [0.1, 0.15) is 48.4 Å². The SMILES string of the molecule is C.CN/N=C(\C=C\C(=N)C1CC(OC(C)C)=CC=C1N)N1CCCCC1.[HH]. The number of allylic oxidation sites excluding steroid dienone is 5. The molecule has 2 rings (SSSR count). The van der Waals surface area contributed by atoms with Crippen molar-refractivity contribution in [1.82, 2.24) is 10.3 Å². The zero-order valence-electron chi connectivity index (χ0n) is 15.6. The molecular weight excluding hydrogens is 326 g/mol. The lowest BCUT2D eigenvalue weighted by Crippen LogP contribution is -2.35. The third-order valence-corrected chi connectivity index (χ3v) is 4.35. The number of piperidine rings is 1. The molecule has 0 bridgehead atoms. The first-order chi connectivity index (χ1) is 12.0. The van der Waals surface area contributed by atoms with Crippen molar-refractivity contribution in [3.63, 3.8) is 0 Å². The van der Waals surface area contributed by atoms with Crippen molar-refractivity contribution < 1.29 is 6.16 Å². The van der Waals surface area contributed by atoms with Crippen molar-refractivity contribution >= 4 is 11.5 Å². The predicted octanol–water partition coefficient (Wildman–Crippen LogP) is 3.63. The van der Waals surface area contributed by atoms with E-state index in [0.29, 0.717) is 17.8 Å². The Balaban J connectivity index is 0.00000338. The molecule has 1 heterocycles. The van der Waals surface area contributed by atoms with Crippen LogP contribution in [-0.2, 0) is 4.74 Å². The van der Waals surface area contributed by atoms with Crippen molar-refractivity contribution in [2.75, 3.05) is 20.1 Å². The van der Waals surface area contributed by atoms with Crippen LogP contribution in [0, 0.1) is 11.3 Å². The molecule has 1 unspecified atom stereocenters. The van der Waals surface area contributed by atoms with Gasteiger partial charge in [0.05, 0.1) is 11.9 Å². The minimum absolute atomic E-state index is 0. The van der Waals surface area contributed by atoms with Crippen molar-refractivity contribution in [2.24, 2.45) is 16.8 Å². The topological polar surface area (TPSA) is 86.7 Å². The van der Waals surface area contributed by atoms with Crippen LogP contribution in [0.4, 0.5) is 0 Å². The molecule has 0 saturated carbocycles. The molecule has 0 amide bonds. The van der Waals surface area contributed by atoms with Gasteiger partial charge < -0.3 is 26.2 Å². The maximum Gasteiger partial charge on any atom is 0.148 e. The van der Waals surface area contributed by atoms with Gasteiger partial charge in [0.2, 0.25) is 0 Å². The summed E-state index contributed by atoms with van der Waals surface area (Å²) in [5, 5.41) is 12.8. The van der Waals surface area contributed by atoms with Gasteiger partial charge in [0.15, 0.2) is 0 Å². The van der Waals surface area contributed by atoms with Crippen molar-refractivity contribution in [2.45, 2.75) is 53.1 Å². The zero-order chi connectivity index (χ0) is 18.2. The first kappa shape index (κ1) is 21.8. The quantitative estimate of drug-likeness (QED) is 0.382. The second-order valence-corrected chi connectivity index (χ2v) is 6.75. The van der Waals surface area contributed by atoms with E-state index in [1.54, 1.807) is 7.05 Å². The summed E-state index contributed by atoms with van der Waals surface area (Å²) in [6, 6.07) is 0. The van der Waals surface area contributed by atoms with Crippen LogP contribution < -0.4 is 11.2 Å². The third-order valence-electron chi connectivity index (χ3n) is 4.35. The first-order valence-corrected chi connectivity index (χ1v) is 9.10. The molecule has 1 aliphatic carbocycles. The van der Waals surface area contributed by atoms with E-state index in [4.69, 9.17) is 15.9 Å². The maximum absolute atomic E-state index is 8.44. The number of nitrogens with two attached hydrogens (primary N) is 1. The minimum atomic E-state index is -0.146. The first-order valence-electron chi connectivity index (χ1n) is 9.10. The lowest BCUT2D eigenvalue weighted by molar-refractivity contribution is 0.136. The number of hydrogen-bond donors (Lipinski definition) is 3. The molecule has 4 N–H and O–H groups in total. The molecule has 0 aromatic carbocycles. The molecule has 1 fully saturated rings. The zero-order valence-corrected chi connectivity index (χ0v) is 15.6. The second kappa shape index (κ2) is 10.7. The van der Waals surface area contributed by atoms with Crippen LogP contribution in [0.3, 0.4) is 0 Å². The van der Waals surface area contributed by atoms with Gasteiger partial charge in [-0.25, -0.2) is 0 Å². The molecule has 148 valence electrons. The monoisotopic (exact) mass is 363 g/mol. The average molecular weight is 364 g/mol. The van der Waals surface area contributed by atoms with E-state index >= 15 is 0 Å². The Bertz CT molecular complexity index is 589. The Hall–Kier alpha value is -2.24. The highest BCUT2D eigenvalue weighted by atomic mass is 16.5. The summed E-state index contributed by atoms with van der Waals surface area (Å²) in [5.41, 5.74) is 10.2. The van der Waals surface area contributed by atoms with E-state index in [1.165, 1.54) is 19.3 Å². The van der Waals surface area contributed by atoms with E-state index in [1.807, 2.05) is 38.2 Å². The van der Waals surface area contributed by atoms with Crippen LogP contribution >= 0.6 is 0 Å². The van der Waals surface area contributed by atoms with Crippen LogP contribution in [-0.4, -0.2) is 42.7 Å². The Labute approximate surface area is 159 Å². The number of amidine groups is 1. The summed E-state index contributed by atoms with van der Waals surface area (Å²) in [6.07, 6.45) is 11.9. The van der Waals surface area contributed by atoms with Crippen LogP contribution in [0.25, 0.3) is 0 Å². The van der Waals surface area contributed by atoms with E-state index in [2.05, 4.69) is 15.4 Å². The lowest BCUT2D eigenvalue weighted by Gasteiger charge is -2.28. The molecule has 1 saturated heterocycles. The predicted molar refractivity (Wildman–Crippen MR) is 112 cm³/mol. The molecule has 26 heavy (non-hydrogen) atoms. The molecule has 0 spiro atoms. The van der Waals surface area contributed by atoms with Crippen molar-refractivity contribution in [3.8, 4) is 0 Å². The fourth-order valence-corrected chi connectivity index (χ4v) is 3.10. The van der Waals surface area contributed by atoms with E-state index in [-0.39, 0.29) is 20.9 Å². The average Bonchev–Trinajstić information content (AvgIpc) is 2.60. The molecule has 0 radical (unpaired) electrons. The summed E-state index contributed by atoms with van der Waals surface area (Å²) in [7, 11) is 1.80. The summed E-state index contributed by atoms with van der Waals surface area (Å²) in [6.45, 7) is 6.03. The smallest absolute Gasteiger partial charge is 0.148 e. The molecule has 0 aromatic heterocycles. The third kappa shape index (κ3) is 6.24. The van der Waals surface area contributed by atoms with Gasteiger partial charge in [-0.05, 0) is 57.4 Å². The molecule has 6 heteroatoms. The number of hydrogen-bond acceptors (Lipinski definition) is 5. The summed E-state index contributed by atoms with van der Waals surface area (Å²) < 4.78 is 5.78. The Kier molecular flexibility index (Phi) is 8.96. The second-order valence-electron chi connectivity index (χ2n) is 6.75. The van der Waals surface area contributed by atoms with Gasteiger partial charge in [-0.15, -0.1) is 0 Å². The van der Waals surface area contributed by atoms with Gasteiger partial charge in [0.1, 0.15) is 5.84 Å².